The zero-order chi connectivity index (χ0) is 10.8. The molecule has 0 radical (unpaired) electrons. The maximum absolute atomic E-state index is 12.2. The first-order chi connectivity index (χ1) is 6.39. The van der Waals surface area contributed by atoms with Crippen LogP contribution in [0.3, 0.4) is 0 Å². The summed E-state index contributed by atoms with van der Waals surface area (Å²) in [5, 5.41) is 8.43. The molecule has 0 amide bonds. The fraction of sp³-hybridized carbons (Fsp3) is 0.875. The summed E-state index contributed by atoms with van der Waals surface area (Å²) in [6, 6.07) is 0. The summed E-state index contributed by atoms with van der Waals surface area (Å²) in [7, 11) is 0. The van der Waals surface area contributed by atoms with Crippen LogP contribution in [0.25, 0.3) is 0 Å². The van der Waals surface area contributed by atoms with Gasteiger partial charge >= 0.3 is 12.1 Å². The minimum absolute atomic E-state index is 0. The van der Waals surface area contributed by atoms with E-state index in [0.29, 0.717) is 0 Å². The zero-order valence-corrected chi connectivity index (χ0v) is 8.77. The maximum Gasteiger partial charge on any atom is 0.391 e. The predicted octanol–water partition coefficient (Wildman–Crippen LogP) is 1.77. The molecule has 1 saturated heterocycles. The number of carboxylic acids is 1. The highest BCUT2D eigenvalue weighted by Crippen LogP contribution is 2.33. The van der Waals surface area contributed by atoms with E-state index in [0.717, 1.165) is 0 Å². The topological polar surface area (TPSA) is 40.5 Å². The van der Waals surface area contributed by atoms with Gasteiger partial charge in [0.15, 0.2) is 0 Å². The van der Waals surface area contributed by atoms with Gasteiger partial charge in [0.25, 0.3) is 0 Å². The molecule has 1 rings (SSSR count). The number of hydrogen-bond acceptors (Lipinski definition) is 2. The van der Waals surface area contributed by atoms with Gasteiger partial charge < -0.3 is 5.11 Å². The third kappa shape index (κ3) is 4.70. The second-order valence-electron chi connectivity index (χ2n) is 3.49. The smallest absolute Gasteiger partial charge is 0.391 e. The molecule has 3 nitrogen and oxygen atoms in total. The number of aliphatic carboxylic acids is 1. The molecule has 0 unspecified atom stereocenters. The monoisotopic (exact) mass is 247 g/mol. The molecule has 1 aliphatic heterocycles. The highest BCUT2D eigenvalue weighted by Gasteiger charge is 2.41. The van der Waals surface area contributed by atoms with Crippen molar-refractivity contribution in [3.05, 3.63) is 0 Å². The van der Waals surface area contributed by atoms with Gasteiger partial charge in [-0.2, -0.15) is 13.2 Å². The molecular formula is C8H13ClF3NO2. The van der Waals surface area contributed by atoms with Crippen LogP contribution in [0.4, 0.5) is 13.2 Å². The van der Waals surface area contributed by atoms with E-state index in [1.807, 2.05) is 0 Å². The second-order valence-corrected chi connectivity index (χ2v) is 3.49. The van der Waals surface area contributed by atoms with Crippen LogP contribution in [0, 0.1) is 5.92 Å². The highest BCUT2D eigenvalue weighted by molar-refractivity contribution is 5.85. The van der Waals surface area contributed by atoms with Gasteiger partial charge in [-0.3, -0.25) is 9.69 Å². The van der Waals surface area contributed by atoms with Gasteiger partial charge in [-0.1, -0.05) is 0 Å². The molecule has 0 aromatic heterocycles. The first kappa shape index (κ1) is 14.5. The van der Waals surface area contributed by atoms with Gasteiger partial charge in [0.2, 0.25) is 0 Å². The number of nitrogens with zero attached hydrogens (tertiary/aromatic N) is 1. The molecule has 1 fully saturated rings. The maximum atomic E-state index is 12.2. The molecule has 0 atom stereocenters. The Morgan fingerprint density at radius 2 is 1.80 bits per heavy atom. The van der Waals surface area contributed by atoms with E-state index in [2.05, 4.69) is 0 Å². The Morgan fingerprint density at radius 1 is 1.33 bits per heavy atom. The molecule has 0 bridgehead atoms. The summed E-state index contributed by atoms with van der Waals surface area (Å²) in [6.45, 7) is 0.275. The van der Waals surface area contributed by atoms with Crippen LogP contribution in [0.5, 0.6) is 0 Å². The van der Waals surface area contributed by atoms with Crippen LogP contribution in [-0.4, -0.2) is 41.8 Å². The number of piperidine rings is 1. The summed E-state index contributed by atoms with van der Waals surface area (Å²) in [4.78, 5) is 11.8. The minimum atomic E-state index is -4.13. The largest absolute Gasteiger partial charge is 0.480 e. The Kier molecular flexibility index (Phi) is 5.37. The first-order valence-corrected chi connectivity index (χ1v) is 4.40. The molecule has 7 heteroatoms. The van der Waals surface area contributed by atoms with E-state index in [-0.39, 0.29) is 44.9 Å². The SMILES string of the molecule is Cl.O=C(O)CN1CCC(C(F)(F)F)CC1. The van der Waals surface area contributed by atoms with Crippen molar-refractivity contribution in [2.75, 3.05) is 19.6 Å². The number of halogens is 4. The minimum Gasteiger partial charge on any atom is -0.480 e. The van der Waals surface area contributed by atoms with Crippen molar-refractivity contribution in [1.29, 1.82) is 0 Å². The molecular weight excluding hydrogens is 235 g/mol. The van der Waals surface area contributed by atoms with Crippen molar-refractivity contribution in [3.63, 3.8) is 0 Å². The van der Waals surface area contributed by atoms with Gasteiger partial charge in [-0.05, 0) is 25.9 Å². The predicted molar refractivity (Wildman–Crippen MR) is 50.1 cm³/mol. The van der Waals surface area contributed by atoms with Crippen molar-refractivity contribution < 1.29 is 23.1 Å². The van der Waals surface area contributed by atoms with Gasteiger partial charge in [0.1, 0.15) is 0 Å². The van der Waals surface area contributed by atoms with E-state index in [4.69, 9.17) is 5.11 Å². The molecule has 1 N–H and O–H groups in total. The van der Waals surface area contributed by atoms with Crippen LogP contribution in [-0.2, 0) is 4.79 Å². The molecule has 1 heterocycles. The Bertz CT molecular complexity index is 214. The van der Waals surface area contributed by atoms with Gasteiger partial charge in [0, 0.05) is 0 Å². The summed E-state index contributed by atoms with van der Waals surface area (Å²) in [5.74, 6) is -2.25. The average Bonchev–Trinajstić information content (AvgIpc) is 2.02. The lowest BCUT2D eigenvalue weighted by Crippen LogP contribution is -2.41. The summed E-state index contributed by atoms with van der Waals surface area (Å²) >= 11 is 0. The molecule has 0 aromatic carbocycles. The normalized spacial score (nSPS) is 19.7. The number of hydrogen-bond donors (Lipinski definition) is 1. The molecule has 90 valence electrons. The Hall–Kier alpha value is -0.490. The zero-order valence-electron chi connectivity index (χ0n) is 7.96. The molecule has 15 heavy (non-hydrogen) atoms. The number of alkyl halides is 3. The molecule has 0 aromatic rings. The quantitative estimate of drug-likeness (QED) is 0.809. The van der Waals surface area contributed by atoms with Gasteiger partial charge in [0.05, 0.1) is 12.5 Å². The number of carboxylic acid groups (broad SMARTS) is 1. The number of likely N-dealkylation sites (tertiary alicyclic amines) is 1. The van der Waals surface area contributed by atoms with Crippen molar-refractivity contribution in [1.82, 2.24) is 4.90 Å². The lowest BCUT2D eigenvalue weighted by molar-refractivity contribution is -0.185. The third-order valence-corrected chi connectivity index (χ3v) is 2.41. The van der Waals surface area contributed by atoms with Crippen molar-refractivity contribution in [2.45, 2.75) is 19.0 Å². The molecule has 0 aliphatic carbocycles. The fourth-order valence-corrected chi connectivity index (χ4v) is 1.61. The summed E-state index contributed by atoms with van der Waals surface area (Å²) < 4.78 is 36.6. The Balaban J connectivity index is 0.00000196. The average molecular weight is 248 g/mol. The van der Waals surface area contributed by atoms with E-state index >= 15 is 0 Å². The van der Waals surface area contributed by atoms with Crippen LogP contribution < -0.4 is 0 Å². The van der Waals surface area contributed by atoms with E-state index in [9.17, 15) is 18.0 Å². The Morgan fingerprint density at radius 3 is 2.13 bits per heavy atom. The van der Waals surface area contributed by atoms with Crippen molar-refractivity contribution >= 4 is 18.4 Å². The van der Waals surface area contributed by atoms with E-state index in [1.165, 1.54) is 4.90 Å². The second kappa shape index (κ2) is 5.55. The van der Waals surface area contributed by atoms with Gasteiger partial charge in [-0.15, -0.1) is 12.4 Å². The van der Waals surface area contributed by atoms with E-state index in [1.54, 1.807) is 0 Å². The number of rotatable bonds is 2. The first-order valence-electron chi connectivity index (χ1n) is 4.40. The summed E-state index contributed by atoms with van der Waals surface area (Å²) in [5.41, 5.74) is 0. The van der Waals surface area contributed by atoms with Crippen LogP contribution in [0.1, 0.15) is 12.8 Å². The van der Waals surface area contributed by atoms with Crippen molar-refractivity contribution in [2.24, 2.45) is 5.92 Å². The van der Waals surface area contributed by atoms with Crippen LogP contribution >= 0.6 is 12.4 Å². The standard InChI is InChI=1S/C8H12F3NO2.ClH/c9-8(10,11)6-1-3-12(4-2-6)5-7(13)14;/h6H,1-5H2,(H,13,14);1H. The number of carbonyl (C=O) groups is 1. The van der Waals surface area contributed by atoms with E-state index < -0.39 is 18.1 Å². The molecule has 1 aliphatic rings. The summed E-state index contributed by atoms with van der Waals surface area (Å²) in [6.07, 6.45) is -4.11. The highest BCUT2D eigenvalue weighted by atomic mass is 35.5. The molecule has 0 saturated carbocycles. The van der Waals surface area contributed by atoms with Crippen LogP contribution in [0.2, 0.25) is 0 Å². The van der Waals surface area contributed by atoms with Crippen molar-refractivity contribution in [3.8, 4) is 0 Å². The molecule has 0 spiro atoms. The Labute approximate surface area is 91.7 Å². The third-order valence-electron chi connectivity index (χ3n) is 2.41. The van der Waals surface area contributed by atoms with Gasteiger partial charge in [-0.25, -0.2) is 0 Å². The lowest BCUT2D eigenvalue weighted by atomic mass is 9.96. The fourth-order valence-electron chi connectivity index (χ4n) is 1.61. The van der Waals surface area contributed by atoms with Crippen LogP contribution in [0.15, 0.2) is 0 Å². The lowest BCUT2D eigenvalue weighted by Gasteiger charge is -2.31.